The molecule has 0 bridgehead atoms. The molecule has 0 radical (unpaired) electrons. The highest BCUT2D eigenvalue weighted by atomic mass is 16.5. The first-order chi connectivity index (χ1) is 8.14. The Morgan fingerprint density at radius 2 is 1.88 bits per heavy atom. The van der Waals surface area contributed by atoms with E-state index < -0.39 is 0 Å². The zero-order valence-electron chi connectivity index (χ0n) is 11.1. The Hall–Kier alpha value is -1.22. The number of methoxy groups -OCH3 is 2. The van der Waals surface area contributed by atoms with Gasteiger partial charge in [-0.3, -0.25) is 0 Å². The zero-order chi connectivity index (χ0) is 12.5. The highest BCUT2D eigenvalue weighted by molar-refractivity contribution is 5.50. The molecule has 3 nitrogen and oxygen atoms in total. The fourth-order valence-corrected chi connectivity index (χ4v) is 2.53. The van der Waals surface area contributed by atoms with Crippen LogP contribution < -0.4 is 14.8 Å². The van der Waals surface area contributed by atoms with Gasteiger partial charge in [0.25, 0.3) is 0 Å². The lowest BCUT2D eigenvalue weighted by molar-refractivity contribution is 0.323. The van der Waals surface area contributed by atoms with E-state index in [1.165, 1.54) is 11.1 Å². The standard InChI is InChI=1S/C14H21NO2/c1-5-14(2)11-9-13(17-4)12(16-3)8-10(11)6-7-15-14/h8-9,15H,5-7H2,1-4H3. The minimum absolute atomic E-state index is 0.0487. The van der Waals surface area contributed by atoms with E-state index in [9.17, 15) is 0 Å². The molecule has 1 N–H and O–H groups in total. The van der Waals surface area contributed by atoms with Gasteiger partial charge in [-0.1, -0.05) is 6.92 Å². The van der Waals surface area contributed by atoms with Crippen molar-refractivity contribution in [3.05, 3.63) is 23.3 Å². The maximum atomic E-state index is 5.39. The van der Waals surface area contributed by atoms with Crippen LogP contribution in [0.5, 0.6) is 11.5 Å². The van der Waals surface area contributed by atoms with Gasteiger partial charge in [0.2, 0.25) is 0 Å². The average molecular weight is 235 g/mol. The number of hydrogen-bond donors (Lipinski definition) is 1. The number of rotatable bonds is 3. The molecule has 2 rings (SSSR count). The van der Waals surface area contributed by atoms with Gasteiger partial charge in [-0.05, 0) is 43.0 Å². The van der Waals surface area contributed by atoms with Crippen LogP contribution in [0.1, 0.15) is 31.4 Å². The van der Waals surface area contributed by atoms with Crippen LogP contribution in [-0.4, -0.2) is 20.8 Å². The predicted molar refractivity (Wildman–Crippen MR) is 68.9 cm³/mol. The van der Waals surface area contributed by atoms with E-state index in [1.807, 2.05) is 0 Å². The van der Waals surface area contributed by atoms with Gasteiger partial charge in [0, 0.05) is 12.1 Å². The van der Waals surface area contributed by atoms with E-state index in [2.05, 4.69) is 31.3 Å². The fourth-order valence-electron chi connectivity index (χ4n) is 2.53. The Labute approximate surface area is 103 Å². The molecule has 1 aliphatic heterocycles. The lowest BCUT2D eigenvalue weighted by atomic mass is 9.81. The Morgan fingerprint density at radius 3 is 2.47 bits per heavy atom. The van der Waals surface area contributed by atoms with E-state index in [1.54, 1.807) is 14.2 Å². The van der Waals surface area contributed by atoms with Gasteiger partial charge >= 0.3 is 0 Å². The van der Waals surface area contributed by atoms with E-state index >= 15 is 0 Å². The molecule has 17 heavy (non-hydrogen) atoms. The molecule has 0 fully saturated rings. The van der Waals surface area contributed by atoms with Crippen molar-refractivity contribution < 1.29 is 9.47 Å². The van der Waals surface area contributed by atoms with E-state index in [4.69, 9.17) is 9.47 Å². The molecule has 0 saturated carbocycles. The topological polar surface area (TPSA) is 30.5 Å². The van der Waals surface area contributed by atoms with Crippen LogP contribution in [0, 0.1) is 0 Å². The first kappa shape index (κ1) is 12.2. The van der Waals surface area contributed by atoms with Gasteiger partial charge in [0.1, 0.15) is 0 Å². The Morgan fingerprint density at radius 1 is 1.24 bits per heavy atom. The molecule has 1 aromatic carbocycles. The highest BCUT2D eigenvalue weighted by Gasteiger charge is 2.31. The van der Waals surface area contributed by atoms with Gasteiger partial charge < -0.3 is 14.8 Å². The van der Waals surface area contributed by atoms with Crippen LogP contribution in [0.4, 0.5) is 0 Å². The predicted octanol–water partition coefficient (Wildman–Crippen LogP) is 2.47. The molecular weight excluding hydrogens is 214 g/mol. The van der Waals surface area contributed by atoms with Crippen molar-refractivity contribution in [2.45, 2.75) is 32.2 Å². The molecule has 3 heteroatoms. The van der Waals surface area contributed by atoms with Gasteiger partial charge in [-0.15, -0.1) is 0 Å². The van der Waals surface area contributed by atoms with Gasteiger partial charge in [-0.25, -0.2) is 0 Å². The number of nitrogens with one attached hydrogen (secondary N) is 1. The second-order valence-corrected chi connectivity index (χ2v) is 4.73. The summed E-state index contributed by atoms with van der Waals surface area (Å²) in [5.74, 6) is 1.64. The molecule has 0 aliphatic carbocycles. The zero-order valence-corrected chi connectivity index (χ0v) is 11.1. The summed E-state index contributed by atoms with van der Waals surface area (Å²) in [4.78, 5) is 0. The SMILES string of the molecule is CCC1(C)NCCc2cc(OC)c(OC)cc21. The molecule has 94 valence electrons. The molecule has 1 aromatic rings. The lowest BCUT2D eigenvalue weighted by Crippen LogP contribution is -2.44. The van der Waals surface area contributed by atoms with Crippen molar-refractivity contribution >= 4 is 0 Å². The summed E-state index contributed by atoms with van der Waals surface area (Å²) >= 11 is 0. The van der Waals surface area contributed by atoms with Crippen LogP contribution in [0.15, 0.2) is 12.1 Å². The van der Waals surface area contributed by atoms with Crippen molar-refractivity contribution in [1.82, 2.24) is 5.32 Å². The monoisotopic (exact) mass is 235 g/mol. The van der Waals surface area contributed by atoms with Crippen molar-refractivity contribution in [1.29, 1.82) is 0 Å². The third-order valence-electron chi connectivity index (χ3n) is 3.82. The van der Waals surface area contributed by atoms with E-state index in [0.29, 0.717) is 0 Å². The van der Waals surface area contributed by atoms with Crippen LogP contribution in [0.25, 0.3) is 0 Å². The van der Waals surface area contributed by atoms with Gasteiger partial charge in [0.15, 0.2) is 11.5 Å². The lowest BCUT2D eigenvalue weighted by Gasteiger charge is -2.37. The number of benzene rings is 1. The second kappa shape index (κ2) is 4.57. The number of hydrogen-bond acceptors (Lipinski definition) is 3. The van der Waals surface area contributed by atoms with Crippen molar-refractivity contribution in [2.75, 3.05) is 20.8 Å². The maximum Gasteiger partial charge on any atom is 0.161 e. The largest absolute Gasteiger partial charge is 0.493 e. The quantitative estimate of drug-likeness (QED) is 0.873. The van der Waals surface area contributed by atoms with Crippen LogP contribution in [0.2, 0.25) is 0 Å². The average Bonchev–Trinajstić information content (AvgIpc) is 2.37. The summed E-state index contributed by atoms with van der Waals surface area (Å²) in [5, 5.41) is 3.59. The van der Waals surface area contributed by atoms with Crippen LogP contribution in [-0.2, 0) is 12.0 Å². The molecule has 1 unspecified atom stereocenters. The first-order valence-electron chi connectivity index (χ1n) is 6.15. The minimum atomic E-state index is 0.0487. The summed E-state index contributed by atoms with van der Waals surface area (Å²) in [6, 6.07) is 4.23. The summed E-state index contributed by atoms with van der Waals surface area (Å²) < 4.78 is 10.7. The normalized spacial score (nSPS) is 23.1. The Balaban J connectivity index is 2.55. The first-order valence-corrected chi connectivity index (χ1v) is 6.15. The van der Waals surface area contributed by atoms with Gasteiger partial charge in [0.05, 0.1) is 14.2 Å². The number of ether oxygens (including phenoxy) is 2. The third-order valence-corrected chi connectivity index (χ3v) is 3.82. The van der Waals surface area contributed by atoms with Crippen LogP contribution in [0.3, 0.4) is 0 Å². The summed E-state index contributed by atoms with van der Waals surface area (Å²) in [6.07, 6.45) is 2.11. The minimum Gasteiger partial charge on any atom is -0.493 e. The van der Waals surface area contributed by atoms with Crippen molar-refractivity contribution in [3.63, 3.8) is 0 Å². The van der Waals surface area contributed by atoms with Crippen LogP contribution >= 0.6 is 0 Å². The third kappa shape index (κ3) is 2.00. The Kier molecular flexibility index (Phi) is 3.29. The van der Waals surface area contributed by atoms with Crippen molar-refractivity contribution in [2.24, 2.45) is 0 Å². The molecule has 0 spiro atoms. The highest BCUT2D eigenvalue weighted by Crippen LogP contribution is 2.38. The second-order valence-electron chi connectivity index (χ2n) is 4.73. The summed E-state index contributed by atoms with van der Waals surface area (Å²) in [6.45, 7) is 5.47. The molecule has 1 heterocycles. The van der Waals surface area contributed by atoms with E-state index in [0.717, 1.165) is 30.9 Å². The maximum absolute atomic E-state index is 5.39. The molecule has 1 aliphatic rings. The molecule has 1 atom stereocenters. The summed E-state index contributed by atoms with van der Waals surface area (Å²) in [5.41, 5.74) is 2.75. The Bertz CT molecular complexity index is 417. The number of fused-ring (bicyclic) bond motifs is 1. The molecule has 0 amide bonds. The molecule has 0 saturated heterocycles. The molecule has 0 aromatic heterocycles. The summed E-state index contributed by atoms with van der Waals surface area (Å²) in [7, 11) is 3.37. The van der Waals surface area contributed by atoms with Gasteiger partial charge in [-0.2, -0.15) is 0 Å². The van der Waals surface area contributed by atoms with E-state index in [-0.39, 0.29) is 5.54 Å². The smallest absolute Gasteiger partial charge is 0.161 e. The fraction of sp³-hybridized carbons (Fsp3) is 0.571. The molecular formula is C14H21NO2. The van der Waals surface area contributed by atoms with Crippen molar-refractivity contribution in [3.8, 4) is 11.5 Å².